The lowest BCUT2D eigenvalue weighted by Gasteiger charge is -2.22. The van der Waals surface area contributed by atoms with Gasteiger partial charge in [-0.05, 0) is 43.6 Å². The molecular weight excluding hydrogens is 240 g/mol. The van der Waals surface area contributed by atoms with Crippen LogP contribution in [0.4, 0.5) is 8.78 Å². The van der Waals surface area contributed by atoms with Gasteiger partial charge in [0.25, 0.3) is 0 Å². The molecule has 3 rings (SSSR count). The number of carbonyl (C=O) groups excluding carboxylic acids is 1. The van der Waals surface area contributed by atoms with Gasteiger partial charge in [-0.2, -0.15) is 8.78 Å². The fourth-order valence-electron chi connectivity index (χ4n) is 3.82. The highest BCUT2D eigenvalue weighted by molar-refractivity contribution is 5.79. The molecule has 5 heteroatoms. The predicted molar refractivity (Wildman–Crippen MR) is 61.3 cm³/mol. The van der Waals surface area contributed by atoms with Gasteiger partial charge in [-0.1, -0.05) is 6.42 Å². The standard InChI is InChI=1S/C13H19F2NO2/c14-13(15)5-11(18-12(13)17)7-16-6-10-4-8-1-2-9(10)3-8/h8-11,16H,1-7H2. The van der Waals surface area contributed by atoms with Crippen molar-refractivity contribution >= 4 is 5.97 Å². The first-order valence-corrected chi connectivity index (χ1v) is 6.84. The lowest BCUT2D eigenvalue weighted by atomic mass is 9.89. The molecule has 102 valence electrons. The number of esters is 1. The van der Waals surface area contributed by atoms with Crippen molar-refractivity contribution in [1.82, 2.24) is 5.32 Å². The molecule has 0 spiro atoms. The number of fused-ring (bicyclic) bond motifs is 2. The average molecular weight is 259 g/mol. The molecule has 0 aromatic carbocycles. The van der Waals surface area contributed by atoms with Crippen LogP contribution in [0.25, 0.3) is 0 Å². The van der Waals surface area contributed by atoms with E-state index in [4.69, 9.17) is 0 Å². The third kappa shape index (κ3) is 2.25. The Morgan fingerprint density at radius 2 is 2.11 bits per heavy atom. The van der Waals surface area contributed by atoms with E-state index >= 15 is 0 Å². The van der Waals surface area contributed by atoms with E-state index in [0.29, 0.717) is 12.5 Å². The van der Waals surface area contributed by atoms with E-state index in [1.165, 1.54) is 25.7 Å². The molecule has 1 saturated heterocycles. The molecule has 3 aliphatic rings. The summed E-state index contributed by atoms with van der Waals surface area (Å²) in [6.07, 6.45) is 4.18. The van der Waals surface area contributed by atoms with Crippen molar-refractivity contribution < 1.29 is 18.3 Å². The summed E-state index contributed by atoms with van der Waals surface area (Å²) in [7, 11) is 0. The molecule has 2 aliphatic carbocycles. The van der Waals surface area contributed by atoms with Crippen molar-refractivity contribution in [2.24, 2.45) is 17.8 Å². The van der Waals surface area contributed by atoms with Crippen LogP contribution in [0, 0.1) is 17.8 Å². The van der Waals surface area contributed by atoms with Crippen LogP contribution in [0.2, 0.25) is 0 Å². The third-order valence-electron chi connectivity index (χ3n) is 4.72. The maximum atomic E-state index is 12.9. The normalized spacial score (nSPS) is 41.3. The van der Waals surface area contributed by atoms with E-state index in [2.05, 4.69) is 10.1 Å². The zero-order valence-electron chi connectivity index (χ0n) is 10.3. The first kappa shape index (κ1) is 12.3. The van der Waals surface area contributed by atoms with Crippen molar-refractivity contribution in [2.45, 2.75) is 44.1 Å². The van der Waals surface area contributed by atoms with Crippen molar-refractivity contribution in [1.29, 1.82) is 0 Å². The molecule has 18 heavy (non-hydrogen) atoms. The number of hydrogen-bond donors (Lipinski definition) is 1. The van der Waals surface area contributed by atoms with Gasteiger partial charge in [0.05, 0.1) is 6.42 Å². The molecule has 1 heterocycles. The number of hydrogen-bond acceptors (Lipinski definition) is 3. The summed E-state index contributed by atoms with van der Waals surface area (Å²) in [5.41, 5.74) is 0. The lowest BCUT2D eigenvalue weighted by molar-refractivity contribution is -0.159. The molecule has 0 radical (unpaired) electrons. The second-order valence-corrected chi connectivity index (χ2v) is 6.03. The summed E-state index contributed by atoms with van der Waals surface area (Å²) < 4.78 is 30.5. The summed E-state index contributed by atoms with van der Waals surface area (Å²) in [6, 6.07) is 0. The Labute approximate surface area is 105 Å². The Hall–Kier alpha value is -0.710. The second-order valence-electron chi connectivity index (χ2n) is 6.03. The Bertz CT molecular complexity index is 348. The zero-order valence-corrected chi connectivity index (χ0v) is 10.3. The number of nitrogens with one attached hydrogen (secondary N) is 1. The summed E-state index contributed by atoms with van der Waals surface area (Å²) >= 11 is 0. The minimum atomic E-state index is -3.28. The molecule has 0 aromatic heterocycles. The largest absolute Gasteiger partial charge is 0.456 e. The molecule has 0 amide bonds. The fraction of sp³-hybridized carbons (Fsp3) is 0.923. The van der Waals surface area contributed by atoms with E-state index in [9.17, 15) is 13.6 Å². The van der Waals surface area contributed by atoms with E-state index < -0.39 is 24.4 Å². The second kappa shape index (κ2) is 4.44. The van der Waals surface area contributed by atoms with Crippen molar-refractivity contribution in [2.75, 3.05) is 13.1 Å². The lowest BCUT2D eigenvalue weighted by Crippen LogP contribution is -2.32. The number of ether oxygens (including phenoxy) is 1. The zero-order chi connectivity index (χ0) is 12.8. The average Bonchev–Trinajstić information content (AvgIpc) is 2.95. The highest BCUT2D eigenvalue weighted by Crippen LogP contribution is 2.47. The quantitative estimate of drug-likeness (QED) is 0.784. The monoisotopic (exact) mass is 259 g/mol. The fourth-order valence-corrected chi connectivity index (χ4v) is 3.82. The van der Waals surface area contributed by atoms with Crippen LogP contribution in [0.5, 0.6) is 0 Å². The first-order chi connectivity index (χ1) is 8.54. The van der Waals surface area contributed by atoms with Gasteiger partial charge in [0.15, 0.2) is 0 Å². The van der Waals surface area contributed by atoms with E-state index in [-0.39, 0.29) is 0 Å². The van der Waals surface area contributed by atoms with Crippen LogP contribution < -0.4 is 5.32 Å². The molecular formula is C13H19F2NO2. The number of alkyl halides is 2. The van der Waals surface area contributed by atoms with E-state index in [0.717, 1.165) is 18.4 Å². The molecule has 3 fully saturated rings. The predicted octanol–water partition coefficient (Wildman–Crippen LogP) is 1.96. The number of cyclic esters (lactones) is 1. The minimum Gasteiger partial charge on any atom is -0.456 e. The molecule has 3 nitrogen and oxygen atoms in total. The Balaban J connectivity index is 1.40. The highest BCUT2D eigenvalue weighted by atomic mass is 19.3. The van der Waals surface area contributed by atoms with Crippen LogP contribution >= 0.6 is 0 Å². The molecule has 4 atom stereocenters. The van der Waals surface area contributed by atoms with Crippen LogP contribution in [0.3, 0.4) is 0 Å². The number of rotatable bonds is 4. The molecule has 2 saturated carbocycles. The van der Waals surface area contributed by atoms with Crippen molar-refractivity contribution in [3.05, 3.63) is 0 Å². The van der Waals surface area contributed by atoms with E-state index in [1.807, 2.05) is 0 Å². The van der Waals surface area contributed by atoms with Gasteiger partial charge >= 0.3 is 11.9 Å². The van der Waals surface area contributed by atoms with Crippen LogP contribution in [-0.4, -0.2) is 31.1 Å². The minimum absolute atomic E-state index is 0.356. The Morgan fingerprint density at radius 1 is 1.28 bits per heavy atom. The topological polar surface area (TPSA) is 38.3 Å². The summed E-state index contributed by atoms with van der Waals surface area (Å²) in [5.74, 6) is -2.22. The summed E-state index contributed by atoms with van der Waals surface area (Å²) in [4.78, 5) is 10.8. The van der Waals surface area contributed by atoms with E-state index in [1.54, 1.807) is 0 Å². The smallest absolute Gasteiger partial charge is 0.377 e. The Morgan fingerprint density at radius 3 is 2.67 bits per heavy atom. The van der Waals surface area contributed by atoms with Gasteiger partial charge in [0, 0.05) is 6.54 Å². The van der Waals surface area contributed by atoms with Gasteiger partial charge < -0.3 is 10.1 Å². The maximum absolute atomic E-state index is 12.9. The van der Waals surface area contributed by atoms with Gasteiger partial charge in [-0.25, -0.2) is 4.79 Å². The van der Waals surface area contributed by atoms with Gasteiger partial charge in [-0.15, -0.1) is 0 Å². The molecule has 1 N–H and O–H groups in total. The van der Waals surface area contributed by atoms with Gasteiger partial charge in [0.1, 0.15) is 6.10 Å². The SMILES string of the molecule is O=C1OC(CNCC2CC3CCC2C3)CC1(F)F. The van der Waals surface area contributed by atoms with Crippen molar-refractivity contribution in [3.63, 3.8) is 0 Å². The first-order valence-electron chi connectivity index (χ1n) is 6.84. The van der Waals surface area contributed by atoms with Gasteiger partial charge in [0.2, 0.25) is 0 Å². The number of carbonyl (C=O) groups is 1. The molecule has 1 aliphatic heterocycles. The van der Waals surface area contributed by atoms with Crippen LogP contribution in [0.15, 0.2) is 0 Å². The molecule has 2 bridgehead atoms. The summed E-state index contributed by atoms with van der Waals surface area (Å²) in [6.45, 7) is 1.23. The van der Waals surface area contributed by atoms with Gasteiger partial charge in [-0.3, -0.25) is 0 Å². The van der Waals surface area contributed by atoms with Crippen molar-refractivity contribution in [3.8, 4) is 0 Å². The Kier molecular flexibility index (Phi) is 3.04. The van der Waals surface area contributed by atoms with Crippen LogP contribution in [-0.2, 0) is 9.53 Å². The molecule has 4 unspecified atom stereocenters. The van der Waals surface area contributed by atoms with Crippen LogP contribution in [0.1, 0.15) is 32.1 Å². The highest BCUT2D eigenvalue weighted by Gasteiger charge is 2.50. The molecule has 0 aromatic rings. The maximum Gasteiger partial charge on any atom is 0.377 e. The third-order valence-corrected chi connectivity index (χ3v) is 4.72. The number of halogens is 2. The summed E-state index contributed by atoms with van der Waals surface area (Å²) in [5, 5.41) is 3.20.